The summed E-state index contributed by atoms with van der Waals surface area (Å²) in [4.78, 5) is 2.53. The molecule has 1 saturated carbocycles. The molecule has 3 aromatic rings. The fraction of sp³-hybridized carbons (Fsp3) is 0.533. The summed E-state index contributed by atoms with van der Waals surface area (Å²) in [6, 6.07) is 5.38. The number of aliphatic hydroxyl groups is 1. The lowest BCUT2D eigenvalue weighted by Gasteiger charge is -2.63. The summed E-state index contributed by atoms with van der Waals surface area (Å²) in [6.07, 6.45) is 5.79. The summed E-state index contributed by atoms with van der Waals surface area (Å²) >= 11 is 0. The SMILES string of the molecule is COc1c(F)cc2c3c(n4c2c1CCC4)[C@@H]1Oc2c(O)ccc4c2[C@@]12CCN(CC1CC1)[C@H](C4)[C@]2(O)C3. The van der Waals surface area contributed by atoms with Crippen LogP contribution in [0.25, 0.3) is 10.9 Å². The average Bonchev–Trinajstić information content (AvgIpc) is 3.55. The van der Waals surface area contributed by atoms with Crippen molar-refractivity contribution in [2.24, 2.45) is 5.92 Å². The number of aromatic hydroxyl groups is 1. The number of phenols is 1. The van der Waals surface area contributed by atoms with Crippen LogP contribution in [-0.4, -0.2) is 51.5 Å². The molecule has 3 aliphatic heterocycles. The first-order valence-electron chi connectivity index (χ1n) is 13.8. The molecule has 4 atom stereocenters. The highest BCUT2D eigenvalue weighted by atomic mass is 19.1. The third-order valence-electron chi connectivity index (χ3n) is 10.7. The second-order valence-corrected chi connectivity index (χ2v) is 12.3. The van der Waals surface area contributed by atoms with Gasteiger partial charge >= 0.3 is 0 Å². The van der Waals surface area contributed by atoms with E-state index in [0.29, 0.717) is 17.9 Å². The fourth-order valence-electron chi connectivity index (χ4n) is 9.14. The van der Waals surface area contributed by atoms with Crippen molar-refractivity contribution in [2.75, 3.05) is 20.2 Å². The Hall–Kier alpha value is -2.77. The zero-order chi connectivity index (χ0) is 24.8. The lowest BCUT2D eigenvalue weighted by Crippen LogP contribution is -2.74. The molecule has 9 rings (SSSR count). The molecular weight excluding hydrogens is 471 g/mol. The molecule has 3 aliphatic carbocycles. The highest BCUT2D eigenvalue weighted by Crippen LogP contribution is 2.69. The Bertz CT molecular complexity index is 1540. The summed E-state index contributed by atoms with van der Waals surface area (Å²) < 4.78 is 30.0. The molecule has 1 saturated heterocycles. The molecule has 2 bridgehead atoms. The summed E-state index contributed by atoms with van der Waals surface area (Å²) in [6.45, 7) is 2.77. The zero-order valence-electron chi connectivity index (χ0n) is 21.0. The third-order valence-corrected chi connectivity index (χ3v) is 10.7. The van der Waals surface area contributed by atoms with Crippen LogP contribution in [0.2, 0.25) is 0 Å². The van der Waals surface area contributed by atoms with E-state index >= 15 is 4.39 Å². The van der Waals surface area contributed by atoms with Crippen LogP contribution in [-0.2, 0) is 31.2 Å². The molecule has 2 N–H and O–H groups in total. The van der Waals surface area contributed by atoms with E-state index in [1.807, 2.05) is 6.07 Å². The molecule has 6 aliphatic rings. The van der Waals surface area contributed by atoms with Crippen LogP contribution in [0.4, 0.5) is 4.39 Å². The maximum Gasteiger partial charge on any atom is 0.166 e. The Balaban J connectivity index is 1.36. The standard InChI is InChI=1S/C30H31FN2O4/c1-36-26-17-3-2-9-33-24(17)18(12-20(26)31)19-13-30(35)22-11-16-6-7-21(34)27-23(16)29(30,28(37-27)25(19)33)8-10-32(22)14-15-4-5-15/h6-7,12,15,22,28,34-35H,2-5,8-11,13-14H2,1H3/t22-,28+,29+,30-/m1/s1. The minimum atomic E-state index is -1.06. The first-order chi connectivity index (χ1) is 18.0. The van der Waals surface area contributed by atoms with E-state index in [9.17, 15) is 10.2 Å². The molecule has 1 aromatic heterocycles. The van der Waals surface area contributed by atoms with Gasteiger partial charge in [0.25, 0.3) is 0 Å². The number of hydrogen-bond donors (Lipinski definition) is 2. The van der Waals surface area contributed by atoms with Crippen molar-refractivity contribution in [2.45, 2.75) is 74.7 Å². The Morgan fingerprint density at radius 1 is 1.22 bits per heavy atom. The lowest BCUT2D eigenvalue weighted by molar-refractivity contribution is -0.173. The summed E-state index contributed by atoms with van der Waals surface area (Å²) in [5.74, 6) is 1.41. The monoisotopic (exact) mass is 502 g/mol. The van der Waals surface area contributed by atoms with Crippen molar-refractivity contribution in [3.8, 4) is 17.2 Å². The molecule has 192 valence electrons. The molecule has 4 heterocycles. The summed E-state index contributed by atoms with van der Waals surface area (Å²) in [7, 11) is 1.54. The average molecular weight is 503 g/mol. The van der Waals surface area contributed by atoms with Crippen molar-refractivity contribution in [1.29, 1.82) is 0 Å². The van der Waals surface area contributed by atoms with Crippen LogP contribution in [0.3, 0.4) is 0 Å². The number of phenolic OH excluding ortho intramolecular Hbond substituents is 1. The molecule has 1 spiro atoms. The van der Waals surface area contributed by atoms with Gasteiger partial charge in [-0.15, -0.1) is 0 Å². The minimum absolute atomic E-state index is 0.0322. The van der Waals surface area contributed by atoms with E-state index in [-0.39, 0.29) is 17.6 Å². The zero-order valence-corrected chi connectivity index (χ0v) is 21.0. The van der Waals surface area contributed by atoms with Gasteiger partial charge in [0.15, 0.2) is 29.2 Å². The van der Waals surface area contributed by atoms with Crippen molar-refractivity contribution >= 4 is 10.9 Å². The number of nitrogens with zero attached hydrogens (tertiary/aromatic N) is 2. The molecule has 2 aromatic carbocycles. The van der Waals surface area contributed by atoms with Gasteiger partial charge in [-0.05, 0) is 74.2 Å². The van der Waals surface area contributed by atoms with Gasteiger partial charge in [-0.25, -0.2) is 4.39 Å². The van der Waals surface area contributed by atoms with E-state index in [0.717, 1.165) is 84.5 Å². The third kappa shape index (κ3) is 2.28. The number of piperidine rings is 1. The normalized spacial score (nSPS) is 32.7. The number of ether oxygens (including phenoxy) is 2. The Morgan fingerprint density at radius 3 is 2.89 bits per heavy atom. The van der Waals surface area contributed by atoms with Crippen LogP contribution < -0.4 is 9.47 Å². The van der Waals surface area contributed by atoms with E-state index in [1.54, 1.807) is 12.1 Å². The summed E-state index contributed by atoms with van der Waals surface area (Å²) in [5, 5.41) is 24.9. The Morgan fingerprint density at radius 2 is 2.08 bits per heavy atom. The van der Waals surface area contributed by atoms with Gasteiger partial charge < -0.3 is 24.3 Å². The first kappa shape index (κ1) is 21.2. The van der Waals surface area contributed by atoms with E-state index in [2.05, 4.69) is 9.47 Å². The summed E-state index contributed by atoms with van der Waals surface area (Å²) in [5.41, 5.74) is 4.55. The predicted molar refractivity (Wildman–Crippen MR) is 135 cm³/mol. The van der Waals surface area contributed by atoms with Gasteiger partial charge in [0, 0.05) is 42.1 Å². The van der Waals surface area contributed by atoms with Crippen LogP contribution in [0.15, 0.2) is 18.2 Å². The number of halogens is 1. The Kier molecular flexibility index (Phi) is 3.79. The van der Waals surface area contributed by atoms with E-state index in [4.69, 9.17) is 9.47 Å². The van der Waals surface area contributed by atoms with E-state index in [1.165, 1.54) is 25.5 Å². The number of aryl methyl sites for hydroxylation is 2. The van der Waals surface area contributed by atoms with Crippen LogP contribution in [0.1, 0.15) is 59.7 Å². The largest absolute Gasteiger partial charge is 0.504 e. The van der Waals surface area contributed by atoms with Crippen molar-refractivity contribution in [3.05, 3.63) is 52.0 Å². The maximum absolute atomic E-state index is 15.4. The first-order valence-corrected chi connectivity index (χ1v) is 13.8. The number of rotatable bonds is 3. The molecule has 0 unspecified atom stereocenters. The molecule has 0 amide bonds. The van der Waals surface area contributed by atoms with Gasteiger partial charge in [-0.2, -0.15) is 0 Å². The second kappa shape index (κ2) is 6.62. The van der Waals surface area contributed by atoms with Gasteiger partial charge in [0.1, 0.15) is 0 Å². The quantitative estimate of drug-likeness (QED) is 0.564. The smallest absolute Gasteiger partial charge is 0.166 e. The van der Waals surface area contributed by atoms with Gasteiger partial charge in [-0.1, -0.05) is 6.07 Å². The highest BCUT2D eigenvalue weighted by Gasteiger charge is 2.73. The van der Waals surface area contributed by atoms with Gasteiger partial charge in [0.2, 0.25) is 0 Å². The molecule has 7 heteroatoms. The number of hydrogen-bond acceptors (Lipinski definition) is 5. The molecule has 6 nitrogen and oxygen atoms in total. The van der Waals surface area contributed by atoms with Gasteiger partial charge in [-0.3, -0.25) is 4.90 Å². The van der Waals surface area contributed by atoms with Gasteiger partial charge in [0.05, 0.1) is 29.3 Å². The molecule has 0 radical (unpaired) electrons. The number of likely N-dealkylation sites (tertiary alicyclic amines) is 1. The van der Waals surface area contributed by atoms with Crippen LogP contribution >= 0.6 is 0 Å². The maximum atomic E-state index is 15.4. The number of fused-ring (bicyclic) bond motifs is 4. The molecule has 2 fully saturated rings. The second-order valence-electron chi connectivity index (χ2n) is 12.3. The topological polar surface area (TPSA) is 67.1 Å². The number of benzene rings is 2. The lowest BCUT2D eigenvalue weighted by atomic mass is 9.49. The van der Waals surface area contributed by atoms with Crippen molar-refractivity contribution < 1.29 is 24.1 Å². The Labute approximate surface area is 214 Å². The highest BCUT2D eigenvalue weighted by molar-refractivity contribution is 5.92. The fourth-order valence-corrected chi connectivity index (χ4v) is 9.14. The van der Waals surface area contributed by atoms with Crippen LogP contribution in [0, 0.1) is 11.7 Å². The number of aromatic nitrogens is 1. The van der Waals surface area contributed by atoms with Crippen LogP contribution in [0.5, 0.6) is 17.2 Å². The molecular formula is C30H31FN2O4. The van der Waals surface area contributed by atoms with E-state index < -0.39 is 17.1 Å². The minimum Gasteiger partial charge on any atom is -0.504 e. The predicted octanol–water partition coefficient (Wildman–Crippen LogP) is 4.14. The van der Waals surface area contributed by atoms with Crippen molar-refractivity contribution in [1.82, 2.24) is 9.47 Å². The molecule has 37 heavy (non-hydrogen) atoms. The number of methoxy groups -OCH3 is 1. The van der Waals surface area contributed by atoms with Crippen molar-refractivity contribution in [3.63, 3.8) is 0 Å².